The first-order valence-corrected chi connectivity index (χ1v) is 14.7. The molecule has 208 valence electrons. The zero-order valence-corrected chi connectivity index (χ0v) is 24.5. The van der Waals surface area contributed by atoms with E-state index in [9.17, 15) is 18.0 Å². The van der Waals surface area contributed by atoms with Gasteiger partial charge in [0.15, 0.2) is 0 Å². The minimum Gasteiger partial charge on any atom is -0.352 e. The van der Waals surface area contributed by atoms with Crippen LogP contribution in [0.15, 0.2) is 83.8 Å². The van der Waals surface area contributed by atoms with Crippen molar-refractivity contribution in [3.63, 3.8) is 0 Å². The van der Waals surface area contributed by atoms with Crippen molar-refractivity contribution in [1.29, 1.82) is 0 Å². The van der Waals surface area contributed by atoms with Crippen LogP contribution in [-0.2, 0) is 26.2 Å². The largest absolute Gasteiger partial charge is 0.352 e. The van der Waals surface area contributed by atoms with Crippen molar-refractivity contribution in [2.75, 3.05) is 10.8 Å². The van der Waals surface area contributed by atoms with Gasteiger partial charge in [0.05, 0.1) is 10.6 Å². The fraction of sp³-hybridized carbons (Fsp3) is 0.333. The van der Waals surface area contributed by atoms with Crippen molar-refractivity contribution < 1.29 is 18.0 Å². The molecule has 7 nitrogen and oxygen atoms in total. The van der Waals surface area contributed by atoms with E-state index in [2.05, 4.69) is 5.32 Å². The van der Waals surface area contributed by atoms with Crippen LogP contribution in [-0.4, -0.2) is 43.8 Å². The molecule has 0 aliphatic heterocycles. The predicted molar refractivity (Wildman–Crippen MR) is 156 cm³/mol. The molecule has 3 aromatic rings. The third-order valence-corrected chi connectivity index (χ3v) is 8.51. The van der Waals surface area contributed by atoms with Crippen LogP contribution in [0.2, 0.25) is 5.02 Å². The van der Waals surface area contributed by atoms with Crippen LogP contribution in [0.4, 0.5) is 5.69 Å². The molecule has 0 saturated heterocycles. The van der Waals surface area contributed by atoms with Gasteiger partial charge in [-0.3, -0.25) is 13.9 Å². The fourth-order valence-corrected chi connectivity index (χ4v) is 5.70. The average Bonchev–Trinajstić information content (AvgIpc) is 2.90. The molecule has 0 saturated carbocycles. The van der Waals surface area contributed by atoms with E-state index in [1.165, 1.54) is 17.0 Å². The van der Waals surface area contributed by atoms with Gasteiger partial charge in [-0.15, -0.1) is 0 Å². The maximum Gasteiger partial charge on any atom is 0.264 e. The van der Waals surface area contributed by atoms with E-state index in [1.807, 2.05) is 39.8 Å². The zero-order valence-electron chi connectivity index (χ0n) is 23.0. The van der Waals surface area contributed by atoms with Crippen molar-refractivity contribution in [2.24, 2.45) is 0 Å². The van der Waals surface area contributed by atoms with Crippen molar-refractivity contribution in [1.82, 2.24) is 10.2 Å². The van der Waals surface area contributed by atoms with E-state index < -0.39 is 28.5 Å². The highest BCUT2D eigenvalue weighted by Crippen LogP contribution is 2.27. The Kier molecular flexibility index (Phi) is 10.2. The molecule has 0 bridgehead atoms. The summed E-state index contributed by atoms with van der Waals surface area (Å²) in [5, 5.41) is 3.29. The molecular formula is C30H36ClN3O4S. The van der Waals surface area contributed by atoms with Gasteiger partial charge in [-0.2, -0.15) is 0 Å². The molecule has 0 heterocycles. The second-order valence-electron chi connectivity index (χ2n) is 10.0. The van der Waals surface area contributed by atoms with Crippen molar-refractivity contribution in [3.8, 4) is 0 Å². The second-order valence-corrected chi connectivity index (χ2v) is 12.3. The number of sulfonamides is 1. The Morgan fingerprint density at radius 3 is 2.00 bits per heavy atom. The molecule has 0 fully saturated rings. The summed E-state index contributed by atoms with van der Waals surface area (Å²) in [6.07, 6.45) is 0. The molecule has 3 aromatic carbocycles. The number of hydrogen-bond donors (Lipinski definition) is 1. The summed E-state index contributed by atoms with van der Waals surface area (Å²) in [5.41, 5.74) is 2.05. The molecule has 0 aliphatic rings. The maximum absolute atomic E-state index is 13.9. The third kappa shape index (κ3) is 7.61. The Labute approximate surface area is 236 Å². The molecule has 2 amide bonds. The molecule has 1 N–H and O–H groups in total. The summed E-state index contributed by atoms with van der Waals surface area (Å²) in [4.78, 5) is 28.3. The van der Waals surface area contributed by atoms with E-state index in [0.29, 0.717) is 16.3 Å². The number of anilines is 1. The van der Waals surface area contributed by atoms with E-state index in [0.717, 1.165) is 9.87 Å². The molecule has 9 heteroatoms. The van der Waals surface area contributed by atoms with Gasteiger partial charge < -0.3 is 10.2 Å². The van der Waals surface area contributed by atoms with Crippen LogP contribution < -0.4 is 9.62 Å². The Morgan fingerprint density at radius 2 is 1.44 bits per heavy atom. The Hall–Kier alpha value is -3.36. The maximum atomic E-state index is 13.9. The third-order valence-electron chi connectivity index (χ3n) is 6.35. The van der Waals surface area contributed by atoms with Gasteiger partial charge >= 0.3 is 0 Å². The summed E-state index contributed by atoms with van der Waals surface area (Å²) < 4.78 is 28.8. The standard InChI is InChI=1S/C30H36ClN3O4S/c1-21(2)24-15-17-26(18-16-24)34(39(37,38)27-12-7-6-8-13-27)20-29(35)33(23(5)30(36)32-22(3)4)19-25-11-9-10-14-28(25)31/h6-18,21-23H,19-20H2,1-5H3,(H,32,36)/t23-/m1/s1. The lowest BCUT2D eigenvalue weighted by Gasteiger charge is -2.32. The predicted octanol–water partition coefficient (Wildman–Crippen LogP) is 5.60. The number of nitrogens with zero attached hydrogens (tertiary/aromatic N) is 2. The minimum absolute atomic E-state index is 0.0384. The number of amides is 2. The first-order valence-electron chi connectivity index (χ1n) is 12.9. The van der Waals surface area contributed by atoms with Crippen LogP contribution in [0.25, 0.3) is 0 Å². The van der Waals surface area contributed by atoms with E-state index >= 15 is 0 Å². The lowest BCUT2D eigenvalue weighted by Crippen LogP contribution is -2.52. The molecule has 1 atom stereocenters. The van der Waals surface area contributed by atoms with E-state index in [1.54, 1.807) is 61.5 Å². The molecule has 0 aliphatic carbocycles. The van der Waals surface area contributed by atoms with Gasteiger partial charge in [-0.1, -0.05) is 74.0 Å². The van der Waals surface area contributed by atoms with Gasteiger partial charge in [-0.05, 0) is 68.1 Å². The first kappa shape index (κ1) is 30.2. The molecule has 0 spiro atoms. The molecule has 39 heavy (non-hydrogen) atoms. The SMILES string of the molecule is CC(C)NC(=O)[C@@H](C)N(Cc1ccccc1Cl)C(=O)CN(c1ccc(C(C)C)cc1)S(=O)(=O)c1ccccc1. The van der Waals surface area contributed by atoms with E-state index in [-0.39, 0.29) is 29.3 Å². The topological polar surface area (TPSA) is 86.8 Å². The Bertz CT molecular complexity index is 1380. The Balaban J connectivity index is 2.04. The number of rotatable bonds is 11. The summed E-state index contributed by atoms with van der Waals surface area (Å²) >= 11 is 6.39. The number of nitrogens with one attached hydrogen (secondary N) is 1. The number of carbonyl (C=O) groups is 2. The van der Waals surface area contributed by atoms with Crippen LogP contribution >= 0.6 is 11.6 Å². The molecule has 0 radical (unpaired) electrons. The highest BCUT2D eigenvalue weighted by atomic mass is 35.5. The fourth-order valence-electron chi connectivity index (χ4n) is 4.07. The highest BCUT2D eigenvalue weighted by Gasteiger charge is 2.33. The minimum atomic E-state index is -4.10. The molecule has 0 aromatic heterocycles. The average molecular weight is 570 g/mol. The van der Waals surface area contributed by atoms with Gasteiger partial charge in [0.2, 0.25) is 11.8 Å². The summed E-state index contributed by atoms with van der Waals surface area (Å²) in [5.74, 6) is -0.621. The van der Waals surface area contributed by atoms with E-state index in [4.69, 9.17) is 11.6 Å². The van der Waals surface area contributed by atoms with Crippen molar-refractivity contribution >= 4 is 39.1 Å². The normalized spacial score (nSPS) is 12.3. The lowest BCUT2D eigenvalue weighted by molar-refractivity contribution is -0.139. The molecule has 0 unspecified atom stereocenters. The molecule has 3 rings (SSSR count). The zero-order chi connectivity index (χ0) is 28.7. The van der Waals surface area contributed by atoms with Crippen LogP contribution in [0.1, 0.15) is 51.7 Å². The van der Waals surface area contributed by atoms with Gasteiger partial charge in [-0.25, -0.2) is 8.42 Å². The first-order chi connectivity index (χ1) is 18.4. The summed E-state index contributed by atoms with van der Waals surface area (Å²) in [6.45, 7) is 8.93. The summed E-state index contributed by atoms with van der Waals surface area (Å²) in [6, 6.07) is 21.2. The van der Waals surface area contributed by atoms with Crippen molar-refractivity contribution in [2.45, 2.75) is 64.1 Å². The van der Waals surface area contributed by atoms with Gasteiger partial charge in [0, 0.05) is 17.6 Å². The summed E-state index contributed by atoms with van der Waals surface area (Å²) in [7, 11) is -4.10. The molecular weight excluding hydrogens is 534 g/mol. The van der Waals surface area contributed by atoms with Crippen LogP contribution in [0.5, 0.6) is 0 Å². The highest BCUT2D eigenvalue weighted by molar-refractivity contribution is 7.92. The smallest absolute Gasteiger partial charge is 0.264 e. The van der Waals surface area contributed by atoms with Crippen molar-refractivity contribution in [3.05, 3.63) is 95.0 Å². The van der Waals surface area contributed by atoms with Crippen LogP contribution in [0.3, 0.4) is 0 Å². The lowest BCUT2D eigenvalue weighted by atomic mass is 10.0. The number of benzene rings is 3. The number of halogens is 1. The van der Waals surface area contributed by atoms with Crippen LogP contribution in [0, 0.1) is 0 Å². The Morgan fingerprint density at radius 1 is 0.846 bits per heavy atom. The number of carbonyl (C=O) groups excluding carboxylic acids is 2. The number of hydrogen-bond acceptors (Lipinski definition) is 4. The monoisotopic (exact) mass is 569 g/mol. The van der Waals surface area contributed by atoms with Gasteiger partial charge in [0.1, 0.15) is 12.6 Å². The van der Waals surface area contributed by atoms with Gasteiger partial charge in [0.25, 0.3) is 10.0 Å². The second kappa shape index (κ2) is 13.1. The quantitative estimate of drug-likeness (QED) is 0.326.